The summed E-state index contributed by atoms with van der Waals surface area (Å²) in [6, 6.07) is 10.9. The number of hydrogen-bond acceptors (Lipinski definition) is 4. The molecule has 3 rings (SSSR count). The number of sulfonamides is 1. The van der Waals surface area contributed by atoms with Crippen LogP contribution >= 0.6 is 0 Å². The van der Waals surface area contributed by atoms with Gasteiger partial charge in [-0.1, -0.05) is 12.1 Å². The van der Waals surface area contributed by atoms with E-state index in [1.165, 1.54) is 18.2 Å². The summed E-state index contributed by atoms with van der Waals surface area (Å²) in [7, 11) is -1.70. The van der Waals surface area contributed by atoms with Crippen molar-refractivity contribution < 1.29 is 17.5 Å². The van der Waals surface area contributed by atoms with Crippen LogP contribution < -0.4 is 14.4 Å². The molecule has 24 heavy (non-hydrogen) atoms. The standard InChI is InChI=1S/C17H19FN2O3S/c1-20-10-11-23-17-7-6-15(12-16(17)20)24(21,22)19-9-8-13-2-4-14(18)5-3-13/h2-7,12,19H,8-11H2,1H3. The molecule has 1 aliphatic heterocycles. The summed E-state index contributed by atoms with van der Waals surface area (Å²) in [6.07, 6.45) is 0.494. The Bertz CT molecular complexity index is 822. The molecule has 0 aromatic heterocycles. The van der Waals surface area contributed by atoms with Gasteiger partial charge in [0.2, 0.25) is 10.0 Å². The largest absolute Gasteiger partial charge is 0.490 e. The summed E-state index contributed by atoms with van der Waals surface area (Å²) < 4.78 is 45.8. The van der Waals surface area contributed by atoms with E-state index >= 15 is 0 Å². The third-order valence-electron chi connectivity index (χ3n) is 3.96. The van der Waals surface area contributed by atoms with Crippen molar-refractivity contribution in [2.45, 2.75) is 11.3 Å². The van der Waals surface area contributed by atoms with Crippen molar-refractivity contribution in [3.63, 3.8) is 0 Å². The molecule has 1 N–H and O–H groups in total. The van der Waals surface area contributed by atoms with Gasteiger partial charge in [0.1, 0.15) is 18.2 Å². The van der Waals surface area contributed by atoms with Crippen molar-refractivity contribution in [2.24, 2.45) is 0 Å². The van der Waals surface area contributed by atoms with Gasteiger partial charge < -0.3 is 9.64 Å². The minimum atomic E-state index is -3.60. The van der Waals surface area contributed by atoms with Crippen LogP contribution in [0.2, 0.25) is 0 Å². The first-order chi connectivity index (χ1) is 11.5. The van der Waals surface area contributed by atoms with Gasteiger partial charge in [-0.25, -0.2) is 17.5 Å². The fourth-order valence-corrected chi connectivity index (χ4v) is 3.61. The van der Waals surface area contributed by atoms with E-state index in [4.69, 9.17) is 4.74 Å². The van der Waals surface area contributed by atoms with Crippen LogP contribution in [0, 0.1) is 5.82 Å². The zero-order valence-electron chi connectivity index (χ0n) is 13.3. The molecule has 0 aliphatic carbocycles. The minimum Gasteiger partial charge on any atom is -0.490 e. The van der Waals surface area contributed by atoms with E-state index < -0.39 is 10.0 Å². The molecule has 0 bridgehead atoms. The smallest absolute Gasteiger partial charge is 0.240 e. The molecule has 0 atom stereocenters. The number of hydrogen-bond donors (Lipinski definition) is 1. The minimum absolute atomic E-state index is 0.206. The fourth-order valence-electron chi connectivity index (χ4n) is 2.56. The third-order valence-corrected chi connectivity index (χ3v) is 5.41. The Morgan fingerprint density at radius 3 is 2.71 bits per heavy atom. The Morgan fingerprint density at radius 1 is 1.21 bits per heavy atom. The maximum Gasteiger partial charge on any atom is 0.240 e. The van der Waals surface area contributed by atoms with Crippen molar-refractivity contribution >= 4 is 15.7 Å². The number of anilines is 1. The van der Waals surface area contributed by atoms with Crippen LogP contribution in [0.5, 0.6) is 5.75 Å². The highest BCUT2D eigenvalue weighted by atomic mass is 32.2. The van der Waals surface area contributed by atoms with Gasteiger partial charge in [-0.15, -0.1) is 0 Å². The van der Waals surface area contributed by atoms with E-state index in [0.717, 1.165) is 11.3 Å². The van der Waals surface area contributed by atoms with Gasteiger partial charge in [0.05, 0.1) is 17.1 Å². The second kappa shape index (κ2) is 6.78. The lowest BCUT2D eigenvalue weighted by molar-refractivity contribution is 0.311. The lowest BCUT2D eigenvalue weighted by Gasteiger charge is -2.28. The van der Waals surface area contributed by atoms with Gasteiger partial charge in [0.15, 0.2) is 0 Å². The summed E-state index contributed by atoms with van der Waals surface area (Å²) in [5.41, 5.74) is 1.64. The monoisotopic (exact) mass is 350 g/mol. The summed E-state index contributed by atoms with van der Waals surface area (Å²) >= 11 is 0. The topological polar surface area (TPSA) is 58.6 Å². The van der Waals surface area contributed by atoms with Crippen molar-refractivity contribution in [3.05, 3.63) is 53.8 Å². The highest BCUT2D eigenvalue weighted by molar-refractivity contribution is 7.89. The molecule has 0 amide bonds. The number of ether oxygens (including phenoxy) is 1. The van der Waals surface area contributed by atoms with Crippen LogP contribution in [0.4, 0.5) is 10.1 Å². The van der Waals surface area contributed by atoms with E-state index in [0.29, 0.717) is 25.3 Å². The second-order valence-corrected chi connectivity index (χ2v) is 7.44. The van der Waals surface area contributed by atoms with Crippen molar-refractivity contribution in [2.75, 3.05) is 31.6 Å². The number of rotatable bonds is 5. The quantitative estimate of drug-likeness (QED) is 0.898. The molecule has 5 nitrogen and oxygen atoms in total. The molecule has 0 unspecified atom stereocenters. The predicted octanol–water partition coefficient (Wildman–Crippen LogP) is 2.18. The Kier molecular flexibility index (Phi) is 4.73. The van der Waals surface area contributed by atoms with Gasteiger partial charge in [0.25, 0.3) is 0 Å². The lowest BCUT2D eigenvalue weighted by atomic mass is 10.1. The number of fused-ring (bicyclic) bond motifs is 1. The van der Waals surface area contributed by atoms with Crippen molar-refractivity contribution in [1.82, 2.24) is 4.72 Å². The van der Waals surface area contributed by atoms with Gasteiger partial charge in [0, 0.05) is 13.6 Å². The van der Waals surface area contributed by atoms with Crippen molar-refractivity contribution in [1.29, 1.82) is 0 Å². The molecule has 0 saturated carbocycles. The van der Waals surface area contributed by atoms with E-state index in [9.17, 15) is 12.8 Å². The zero-order chi connectivity index (χ0) is 17.2. The molecule has 0 saturated heterocycles. The van der Waals surface area contributed by atoms with E-state index in [2.05, 4.69) is 4.72 Å². The Balaban J connectivity index is 1.69. The average molecular weight is 350 g/mol. The molecule has 0 fully saturated rings. The average Bonchev–Trinajstić information content (AvgIpc) is 2.57. The molecular formula is C17H19FN2O3S. The van der Waals surface area contributed by atoms with Gasteiger partial charge in [-0.3, -0.25) is 0 Å². The SMILES string of the molecule is CN1CCOc2ccc(S(=O)(=O)NCCc3ccc(F)cc3)cc21. The number of benzene rings is 2. The Labute approximate surface area is 141 Å². The fraction of sp³-hybridized carbons (Fsp3) is 0.294. The number of nitrogens with zero attached hydrogens (tertiary/aromatic N) is 1. The Morgan fingerprint density at radius 2 is 1.96 bits per heavy atom. The van der Waals surface area contributed by atoms with Gasteiger partial charge >= 0.3 is 0 Å². The van der Waals surface area contributed by atoms with Gasteiger partial charge in [-0.05, 0) is 42.3 Å². The first-order valence-electron chi connectivity index (χ1n) is 7.68. The number of nitrogens with one attached hydrogen (secondary N) is 1. The van der Waals surface area contributed by atoms with Gasteiger partial charge in [-0.2, -0.15) is 0 Å². The Hall–Kier alpha value is -2.12. The van der Waals surface area contributed by atoms with Crippen LogP contribution in [-0.4, -0.2) is 35.2 Å². The summed E-state index contributed by atoms with van der Waals surface area (Å²) in [5.74, 6) is 0.383. The van der Waals surface area contributed by atoms with Crippen LogP contribution in [0.25, 0.3) is 0 Å². The maximum absolute atomic E-state index is 12.9. The van der Waals surface area contributed by atoms with E-state index in [-0.39, 0.29) is 17.3 Å². The molecule has 0 spiro atoms. The van der Waals surface area contributed by atoms with Crippen LogP contribution in [0.1, 0.15) is 5.56 Å². The third kappa shape index (κ3) is 3.68. The molecule has 0 radical (unpaired) electrons. The first kappa shape index (κ1) is 16.7. The van der Waals surface area contributed by atoms with Crippen molar-refractivity contribution in [3.8, 4) is 5.75 Å². The number of halogens is 1. The number of likely N-dealkylation sites (N-methyl/N-ethyl adjacent to an activating group) is 1. The van der Waals surface area contributed by atoms with Crippen LogP contribution in [-0.2, 0) is 16.4 Å². The highest BCUT2D eigenvalue weighted by Gasteiger charge is 2.20. The van der Waals surface area contributed by atoms with Crippen LogP contribution in [0.3, 0.4) is 0 Å². The molecule has 2 aromatic rings. The molecule has 2 aromatic carbocycles. The van der Waals surface area contributed by atoms with Crippen LogP contribution in [0.15, 0.2) is 47.4 Å². The molecule has 128 valence electrons. The highest BCUT2D eigenvalue weighted by Crippen LogP contribution is 2.32. The maximum atomic E-state index is 12.9. The normalized spacial score (nSPS) is 14.2. The first-order valence-corrected chi connectivity index (χ1v) is 9.16. The second-order valence-electron chi connectivity index (χ2n) is 5.67. The lowest BCUT2D eigenvalue weighted by Crippen LogP contribution is -2.30. The molecular weight excluding hydrogens is 331 g/mol. The summed E-state index contributed by atoms with van der Waals surface area (Å²) in [5, 5.41) is 0. The predicted molar refractivity (Wildman–Crippen MR) is 90.5 cm³/mol. The summed E-state index contributed by atoms with van der Waals surface area (Å²) in [6.45, 7) is 1.55. The molecule has 1 heterocycles. The van der Waals surface area contributed by atoms with E-state index in [1.807, 2.05) is 11.9 Å². The summed E-state index contributed by atoms with van der Waals surface area (Å²) in [4.78, 5) is 2.17. The molecule has 1 aliphatic rings. The molecule has 7 heteroatoms. The van der Waals surface area contributed by atoms with E-state index in [1.54, 1.807) is 24.3 Å². The zero-order valence-corrected chi connectivity index (χ0v) is 14.1.